The predicted molar refractivity (Wildman–Crippen MR) is 127 cm³/mol. The van der Waals surface area contributed by atoms with Gasteiger partial charge in [-0.3, -0.25) is 0 Å². The summed E-state index contributed by atoms with van der Waals surface area (Å²) in [6.45, 7) is 0. The molecule has 0 fully saturated rings. The van der Waals surface area contributed by atoms with Gasteiger partial charge in [0.2, 0.25) is 10.6 Å². The van der Waals surface area contributed by atoms with Gasteiger partial charge in [-0.2, -0.15) is 5.10 Å². The molecule has 33 heavy (non-hydrogen) atoms. The maximum absolute atomic E-state index is 5.52. The standard InChI is InChI=1S/C24H23N3O5S/c1-28-18-9-7-17(8-10-18)26-24-27(25-14-19-6-5-11-32-19)20(15-33-24)16-12-21(29-2)23(31-4)22(13-16)30-3/h5-15H,1-4H3. The third kappa shape index (κ3) is 4.78. The molecule has 0 bridgehead atoms. The zero-order chi connectivity index (χ0) is 23.2. The van der Waals surface area contributed by atoms with Crippen molar-refractivity contribution in [3.63, 3.8) is 0 Å². The summed E-state index contributed by atoms with van der Waals surface area (Å²) in [4.78, 5) is 5.45. The van der Waals surface area contributed by atoms with Gasteiger partial charge in [-0.05, 0) is 48.5 Å². The molecule has 0 atom stereocenters. The molecule has 0 N–H and O–H groups in total. The van der Waals surface area contributed by atoms with Crippen molar-refractivity contribution >= 4 is 23.2 Å². The van der Waals surface area contributed by atoms with Crippen LogP contribution in [0.25, 0.3) is 11.3 Å². The van der Waals surface area contributed by atoms with Gasteiger partial charge in [-0.25, -0.2) is 9.67 Å². The second-order valence-corrected chi connectivity index (χ2v) is 7.54. The number of hydrogen-bond acceptors (Lipinski definition) is 8. The zero-order valence-corrected chi connectivity index (χ0v) is 19.5. The van der Waals surface area contributed by atoms with Crippen molar-refractivity contribution in [1.82, 2.24) is 4.68 Å². The van der Waals surface area contributed by atoms with Crippen LogP contribution in [-0.4, -0.2) is 39.3 Å². The van der Waals surface area contributed by atoms with Crippen LogP contribution < -0.4 is 23.7 Å². The van der Waals surface area contributed by atoms with Gasteiger partial charge < -0.3 is 23.4 Å². The largest absolute Gasteiger partial charge is 0.497 e. The van der Waals surface area contributed by atoms with Crippen LogP contribution in [0.2, 0.25) is 0 Å². The summed E-state index contributed by atoms with van der Waals surface area (Å²) in [7, 11) is 6.38. The Labute approximate surface area is 195 Å². The molecule has 2 aromatic heterocycles. The molecular formula is C24H23N3O5S. The molecule has 2 aromatic carbocycles. The fraction of sp³-hybridized carbons (Fsp3) is 0.167. The first-order chi connectivity index (χ1) is 16.2. The number of thiazole rings is 1. The van der Waals surface area contributed by atoms with Crippen molar-refractivity contribution in [1.29, 1.82) is 0 Å². The second kappa shape index (κ2) is 10.1. The lowest BCUT2D eigenvalue weighted by Gasteiger charge is -2.14. The normalized spacial score (nSPS) is 11.7. The Morgan fingerprint density at radius 2 is 1.64 bits per heavy atom. The van der Waals surface area contributed by atoms with E-state index in [1.54, 1.807) is 45.6 Å². The van der Waals surface area contributed by atoms with Crippen molar-refractivity contribution in [3.05, 3.63) is 70.7 Å². The summed E-state index contributed by atoms with van der Waals surface area (Å²) in [6.07, 6.45) is 3.24. The van der Waals surface area contributed by atoms with Gasteiger partial charge in [0, 0.05) is 10.9 Å². The maximum Gasteiger partial charge on any atom is 0.211 e. The van der Waals surface area contributed by atoms with Crippen LogP contribution in [0, 0.1) is 0 Å². The molecule has 2 heterocycles. The van der Waals surface area contributed by atoms with E-state index in [1.165, 1.54) is 11.3 Å². The molecule has 0 aliphatic carbocycles. The topological polar surface area (TPSA) is 79.7 Å². The number of furan rings is 1. The van der Waals surface area contributed by atoms with E-state index >= 15 is 0 Å². The Bertz CT molecular complexity index is 1280. The van der Waals surface area contributed by atoms with E-state index in [0.717, 1.165) is 22.7 Å². The summed E-state index contributed by atoms with van der Waals surface area (Å²) >= 11 is 1.46. The molecule has 0 spiro atoms. The van der Waals surface area contributed by atoms with E-state index in [1.807, 2.05) is 53.9 Å². The Morgan fingerprint density at radius 1 is 0.909 bits per heavy atom. The monoisotopic (exact) mass is 465 g/mol. The maximum atomic E-state index is 5.52. The van der Waals surface area contributed by atoms with Crippen molar-refractivity contribution in [2.75, 3.05) is 28.4 Å². The minimum atomic E-state index is 0.521. The first-order valence-corrected chi connectivity index (χ1v) is 10.8. The van der Waals surface area contributed by atoms with Gasteiger partial charge >= 0.3 is 0 Å². The van der Waals surface area contributed by atoms with Crippen LogP contribution in [0.1, 0.15) is 5.76 Å². The van der Waals surface area contributed by atoms with Crippen molar-refractivity contribution in [2.45, 2.75) is 0 Å². The van der Waals surface area contributed by atoms with Gasteiger partial charge in [0.15, 0.2) is 11.5 Å². The number of benzene rings is 2. The van der Waals surface area contributed by atoms with Crippen LogP contribution >= 0.6 is 11.3 Å². The number of rotatable bonds is 8. The second-order valence-electron chi connectivity index (χ2n) is 6.70. The third-order valence-corrected chi connectivity index (χ3v) is 5.60. The number of nitrogens with zero attached hydrogens (tertiary/aromatic N) is 3. The number of hydrogen-bond donors (Lipinski definition) is 0. The molecule has 0 saturated heterocycles. The fourth-order valence-corrected chi connectivity index (χ4v) is 4.02. The van der Waals surface area contributed by atoms with Crippen molar-refractivity contribution in [3.8, 4) is 34.3 Å². The summed E-state index contributed by atoms with van der Waals surface area (Å²) in [6, 6.07) is 14.9. The predicted octanol–water partition coefficient (Wildman–Crippen LogP) is 4.96. The molecule has 170 valence electrons. The molecule has 0 amide bonds. The zero-order valence-electron chi connectivity index (χ0n) is 18.6. The quantitative estimate of drug-likeness (QED) is 0.344. The minimum Gasteiger partial charge on any atom is -0.497 e. The lowest BCUT2D eigenvalue weighted by atomic mass is 10.1. The van der Waals surface area contributed by atoms with E-state index in [4.69, 9.17) is 28.4 Å². The van der Waals surface area contributed by atoms with E-state index in [-0.39, 0.29) is 0 Å². The summed E-state index contributed by atoms with van der Waals surface area (Å²) in [5, 5.41) is 6.62. The minimum absolute atomic E-state index is 0.521. The molecule has 0 aliphatic heterocycles. The fourth-order valence-electron chi connectivity index (χ4n) is 3.16. The highest BCUT2D eigenvalue weighted by molar-refractivity contribution is 7.07. The van der Waals surface area contributed by atoms with Gasteiger partial charge in [0.05, 0.1) is 52.3 Å². The summed E-state index contributed by atoms with van der Waals surface area (Å²) < 4.78 is 28.9. The SMILES string of the molecule is COc1ccc(N=c2scc(-c3cc(OC)c(OC)c(OC)c3)n2N=Cc2ccco2)cc1. The van der Waals surface area contributed by atoms with Gasteiger partial charge in [-0.1, -0.05) is 0 Å². The Morgan fingerprint density at radius 3 is 2.21 bits per heavy atom. The first-order valence-electron chi connectivity index (χ1n) is 9.94. The summed E-state index contributed by atoms with van der Waals surface area (Å²) in [5.74, 6) is 3.01. The number of ether oxygens (including phenoxy) is 4. The number of methoxy groups -OCH3 is 4. The van der Waals surface area contributed by atoms with E-state index < -0.39 is 0 Å². The Kier molecular flexibility index (Phi) is 6.80. The molecule has 0 aliphatic rings. The van der Waals surface area contributed by atoms with Gasteiger partial charge in [0.1, 0.15) is 11.5 Å². The Hall–Kier alpha value is -3.98. The van der Waals surface area contributed by atoms with E-state index in [9.17, 15) is 0 Å². The van der Waals surface area contributed by atoms with Gasteiger partial charge in [-0.15, -0.1) is 11.3 Å². The van der Waals surface area contributed by atoms with Crippen LogP contribution in [0.5, 0.6) is 23.0 Å². The van der Waals surface area contributed by atoms with E-state index in [2.05, 4.69) is 5.10 Å². The molecule has 0 radical (unpaired) electrons. The molecule has 4 aromatic rings. The first kappa shape index (κ1) is 22.2. The Balaban J connectivity index is 1.87. The molecule has 8 nitrogen and oxygen atoms in total. The number of aromatic nitrogens is 1. The molecule has 4 rings (SSSR count). The van der Waals surface area contributed by atoms with Crippen LogP contribution in [0.4, 0.5) is 5.69 Å². The highest BCUT2D eigenvalue weighted by Gasteiger charge is 2.17. The highest BCUT2D eigenvalue weighted by Crippen LogP contribution is 2.41. The molecular weight excluding hydrogens is 442 g/mol. The molecule has 0 unspecified atom stereocenters. The van der Waals surface area contributed by atoms with Crippen LogP contribution in [-0.2, 0) is 0 Å². The van der Waals surface area contributed by atoms with Crippen LogP contribution in [0.15, 0.2) is 74.7 Å². The molecule has 9 heteroatoms. The van der Waals surface area contributed by atoms with Crippen LogP contribution in [0.3, 0.4) is 0 Å². The molecule has 0 saturated carbocycles. The lowest BCUT2D eigenvalue weighted by Crippen LogP contribution is -2.11. The average Bonchev–Trinajstić information content (AvgIpc) is 3.52. The van der Waals surface area contributed by atoms with Crippen molar-refractivity contribution < 1.29 is 23.4 Å². The third-order valence-electron chi connectivity index (χ3n) is 4.79. The highest BCUT2D eigenvalue weighted by atomic mass is 32.1. The average molecular weight is 466 g/mol. The summed E-state index contributed by atoms with van der Waals surface area (Å²) in [5.41, 5.74) is 2.40. The smallest absolute Gasteiger partial charge is 0.211 e. The van der Waals surface area contributed by atoms with E-state index in [0.29, 0.717) is 27.8 Å². The van der Waals surface area contributed by atoms with Gasteiger partial charge in [0.25, 0.3) is 0 Å². The van der Waals surface area contributed by atoms with Crippen molar-refractivity contribution in [2.24, 2.45) is 10.1 Å². The lowest BCUT2D eigenvalue weighted by molar-refractivity contribution is 0.324.